The van der Waals surface area contributed by atoms with Crippen molar-refractivity contribution in [1.29, 1.82) is 0 Å². The Balaban J connectivity index is 2.53. The second-order valence-corrected chi connectivity index (χ2v) is 3.78. The summed E-state index contributed by atoms with van der Waals surface area (Å²) in [5.41, 5.74) is 0.266. The molecule has 0 aliphatic rings. The average Bonchev–Trinajstić information content (AvgIpc) is 2.74. The molecule has 1 heterocycles. The molecule has 16 heavy (non-hydrogen) atoms. The number of hydrogen-bond donors (Lipinski definition) is 1. The zero-order chi connectivity index (χ0) is 12.0. The van der Waals surface area contributed by atoms with Crippen LogP contribution in [0.1, 0.15) is 22.4 Å². The monoisotopic (exact) mass is 240 g/mol. The van der Waals surface area contributed by atoms with Crippen molar-refractivity contribution >= 4 is 23.2 Å². The average molecular weight is 240 g/mol. The van der Waals surface area contributed by atoms with Gasteiger partial charge < -0.3 is 10.1 Å². The van der Waals surface area contributed by atoms with E-state index in [0.717, 1.165) is 0 Å². The van der Waals surface area contributed by atoms with Crippen LogP contribution in [0.2, 0.25) is 0 Å². The van der Waals surface area contributed by atoms with Gasteiger partial charge in [-0.3, -0.25) is 4.79 Å². The number of esters is 1. The minimum Gasteiger partial charge on any atom is -0.464 e. The molecule has 1 rings (SSSR count). The highest BCUT2D eigenvalue weighted by atomic mass is 32.1. The van der Waals surface area contributed by atoms with Crippen LogP contribution in [0.25, 0.3) is 0 Å². The van der Waals surface area contributed by atoms with E-state index in [9.17, 15) is 9.59 Å². The second kappa shape index (κ2) is 6.02. The quantitative estimate of drug-likeness (QED) is 0.632. The fraction of sp³-hybridized carbons (Fsp3) is 0.300. The number of carbonyl (C=O) groups excluding carboxylic acids is 2. The van der Waals surface area contributed by atoms with Crippen molar-refractivity contribution < 1.29 is 14.3 Å². The van der Waals surface area contributed by atoms with Crippen molar-refractivity contribution in [2.24, 2.45) is 0 Å². The van der Waals surface area contributed by atoms with Crippen molar-refractivity contribution in [3.63, 3.8) is 0 Å². The SMILES string of the molecule is C/C=C/C(=O)NCc1nc(C(=O)OC)cs1. The highest BCUT2D eigenvalue weighted by Gasteiger charge is 2.10. The summed E-state index contributed by atoms with van der Waals surface area (Å²) >= 11 is 1.30. The van der Waals surface area contributed by atoms with Gasteiger partial charge in [-0.15, -0.1) is 11.3 Å². The van der Waals surface area contributed by atoms with Crippen LogP contribution in [0.4, 0.5) is 0 Å². The summed E-state index contributed by atoms with van der Waals surface area (Å²) in [6.45, 7) is 2.07. The van der Waals surface area contributed by atoms with E-state index in [1.54, 1.807) is 18.4 Å². The molecule has 5 nitrogen and oxygen atoms in total. The number of methoxy groups -OCH3 is 1. The van der Waals surface area contributed by atoms with Gasteiger partial charge in [-0.2, -0.15) is 0 Å². The zero-order valence-electron chi connectivity index (χ0n) is 9.02. The number of hydrogen-bond acceptors (Lipinski definition) is 5. The first-order valence-electron chi connectivity index (χ1n) is 4.60. The van der Waals surface area contributed by atoms with Crippen LogP contribution in [-0.2, 0) is 16.1 Å². The normalized spacial score (nSPS) is 10.4. The maximum atomic E-state index is 11.1. The summed E-state index contributed by atoms with van der Waals surface area (Å²) in [5, 5.41) is 4.91. The molecule has 0 fully saturated rings. The fourth-order valence-electron chi connectivity index (χ4n) is 0.963. The van der Waals surface area contributed by atoms with Crippen molar-refractivity contribution in [1.82, 2.24) is 10.3 Å². The molecule has 0 spiro atoms. The second-order valence-electron chi connectivity index (χ2n) is 2.84. The van der Waals surface area contributed by atoms with Crippen molar-refractivity contribution in [2.45, 2.75) is 13.5 Å². The van der Waals surface area contributed by atoms with Gasteiger partial charge in [0.1, 0.15) is 5.01 Å². The highest BCUT2D eigenvalue weighted by molar-refractivity contribution is 7.09. The van der Waals surface area contributed by atoms with Gasteiger partial charge in [0.15, 0.2) is 5.69 Å². The number of nitrogens with one attached hydrogen (secondary N) is 1. The van der Waals surface area contributed by atoms with Crippen LogP contribution in [0.15, 0.2) is 17.5 Å². The number of aromatic nitrogens is 1. The maximum absolute atomic E-state index is 11.1. The van der Waals surface area contributed by atoms with E-state index < -0.39 is 5.97 Å². The largest absolute Gasteiger partial charge is 0.464 e. The van der Waals surface area contributed by atoms with E-state index in [2.05, 4.69) is 15.0 Å². The molecule has 86 valence electrons. The third-order valence-corrected chi connectivity index (χ3v) is 2.53. The van der Waals surface area contributed by atoms with E-state index in [0.29, 0.717) is 11.6 Å². The summed E-state index contributed by atoms with van der Waals surface area (Å²) < 4.78 is 4.52. The molecule has 0 aromatic carbocycles. The number of carbonyl (C=O) groups is 2. The molecule has 0 radical (unpaired) electrons. The van der Waals surface area contributed by atoms with E-state index in [4.69, 9.17) is 0 Å². The molecule has 1 aromatic rings. The maximum Gasteiger partial charge on any atom is 0.357 e. The minimum atomic E-state index is -0.470. The summed E-state index contributed by atoms with van der Waals surface area (Å²) in [5.74, 6) is -0.653. The Bertz CT molecular complexity index is 412. The minimum absolute atomic E-state index is 0.183. The van der Waals surface area contributed by atoms with Crippen molar-refractivity contribution in [3.8, 4) is 0 Å². The predicted molar refractivity (Wildman–Crippen MR) is 60.1 cm³/mol. The summed E-state index contributed by atoms with van der Waals surface area (Å²) in [6, 6.07) is 0. The van der Waals surface area contributed by atoms with Gasteiger partial charge in [-0.05, 0) is 13.0 Å². The van der Waals surface area contributed by atoms with Crippen molar-refractivity contribution in [2.75, 3.05) is 7.11 Å². The first kappa shape index (κ1) is 12.4. The van der Waals surface area contributed by atoms with Crippen LogP contribution >= 0.6 is 11.3 Å². The Labute approximate surface area is 97.1 Å². The molecule has 0 saturated heterocycles. The van der Waals surface area contributed by atoms with Crippen LogP contribution in [0.5, 0.6) is 0 Å². The lowest BCUT2D eigenvalue weighted by Crippen LogP contribution is -2.20. The molecule has 0 saturated carbocycles. The number of ether oxygens (including phenoxy) is 1. The molecule has 1 amide bonds. The Hall–Kier alpha value is -1.69. The van der Waals surface area contributed by atoms with Gasteiger partial charge in [-0.25, -0.2) is 9.78 Å². The number of thiazole rings is 1. The van der Waals surface area contributed by atoms with Gasteiger partial charge in [0.2, 0.25) is 5.91 Å². The van der Waals surface area contributed by atoms with Gasteiger partial charge in [0.05, 0.1) is 13.7 Å². The number of allylic oxidation sites excluding steroid dienone is 1. The predicted octanol–water partition coefficient (Wildman–Crippen LogP) is 1.12. The molecule has 0 aliphatic heterocycles. The topological polar surface area (TPSA) is 68.3 Å². The molecule has 6 heteroatoms. The molecule has 0 unspecified atom stereocenters. The summed E-state index contributed by atoms with van der Waals surface area (Å²) in [7, 11) is 1.30. The van der Waals surface area contributed by atoms with E-state index in [1.807, 2.05) is 0 Å². The zero-order valence-corrected chi connectivity index (χ0v) is 9.84. The fourth-order valence-corrected chi connectivity index (χ4v) is 1.67. The first-order chi connectivity index (χ1) is 7.67. The Morgan fingerprint density at radius 1 is 1.62 bits per heavy atom. The third kappa shape index (κ3) is 3.47. The Kier molecular flexibility index (Phi) is 4.65. The third-order valence-electron chi connectivity index (χ3n) is 1.68. The molecule has 1 N–H and O–H groups in total. The standard InChI is InChI=1S/C10H12N2O3S/c1-3-4-8(13)11-5-9-12-7(6-16-9)10(14)15-2/h3-4,6H,5H2,1-2H3,(H,11,13)/b4-3+. The van der Waals surface area contributed by atoms with E-state index >= 15 is 0 Å². The smallest absolute Gasteiger partial charge is 0.357 e. The van der Waals surface area contributed by atoms with Gasteiger partial charge in [0, 0.05) is 5.38 Å². The van der Waals surface area contributed by atoms with Gasteiger partial charge in [-0.1, -0.05) is 6.08 Å². The van der Waals surface area contributed by atoms with Crippen molar-refractivity contribution in [3.05, 3.63) is 28.2 Å². The van der Waals surface area contributed by atoms with Crippen LogP contribution in [0.3, 0.4) is 0 Å². The van der Waals surface area contributed by atoms with Crippen LogP contribution in [-0.4, -0.2) is 24.0 Å². The molecule has 0 aliphatic carbocycles. The summed E-state index contributed by atoms with van der Waals surface area (Å²) in [4.78, 5) is 26.2. The summed E-state index contributed by atoms with van der Waals surface area (Å²) in [6.07, 6.45) is 3.08. The molecular weight excluding hydrogens is 228 g/mol. The Morgan fingerprint density at radius 2 is 2.38 bits per heavy atom. The van der Waals surface area contributed by atoms with Gasteiger partial charge >= 0.3 is 5.97 Å². The lowest BCUT2D eigenvalue weighted by Gasteiger charge is -1.97. The number of amides is 1. The van der Waals surface area contributed by atoms with Crippen LogP contribution in [0, 0.1) is 0 Å². The van der Waals surface area contributed by atoms with E-state index in [1.165, 1.54) is 24.5 Å². The number of rotatable bonds is 4. The lowest BCUT2D eigenvalue weighted by molar-refractivity contribution is -0.116. The first-order valence-corrected chi connectivity index (χ1v) is 5.48. The molecule has 0 atom stereocenters. The number of nitrogens with zero attached hydrogens (tertiary/aromatic N) is 1. The molecular formula is C10H12N2O3S. The molecule has 0 bridgehead atoms. The Morgan fingerprint density at radius 3 is 3.00 bits per heavy atom. The van der Waals surface area contributed by atoms with Gasteiger partial charge in [0.25, 0.3) is 0 Å². The molecule has 1 aromatic heterocycles. The lowest BCUT2D eigenvalue weighted by atomic mass is 10.5. The highest BCUT2D eigenvalue weighted by Crippen LogP contribution is 2.10. The van der Waals surface area contributed by atoms with E-state index in [-0.39, 0.29) is 11.6 Å². The van der Waals surface area contributed by atoms with Crippen LogP contribution < -0.4 is 5.32 Å².